The van der Waals surface area contributed by atoms with Gasteiger partial charge in [0.15, 0.2) is 0 Å². The zero-order chi connectivity index (χ0) is 9.40. The molecule has 68 valence electrons. The topological polar surface area (TPSA) is 0 Å². The van der Waals surface area contributed by atoms with Crippen LogP contribution in [-0.2, 0) is 0 Å². The molecule has 0 N–H and O–H groups in total. The molecule has 0 aromatic rings. The minimum atomic E-state index is 0.687. The third-order valence-electron chi connectivity index (χ3n) is 1.53. The van der Waals surface area contributed by atoms with Gasteiger partial charge in [0.2, 0.25) is 0 Å². The van der Waals surface area contributed by atoms with E-state index >= 15 is 0 Å². The van der Waals surface area contributed by atoms with Gasteiger partial charge in [-0.2, -0.15) is 0 Å². The molecule has 1 atom stereocenters. The lowest BCUT2D eigenvalue weighted by molar-refractivity contribution is 0.909. The van der Waals surface area contributed by atoms with E-state index in [0.29, 0.717) is 5.25 Å². The summed E-state index contributed by atoms with van der Waals surface area (Å²) in [7, 11) is 0. The van der Waals surface area contributed by atoms with Gasteiger partial charge in [-0.3, -0.25) is 0 Å². The molecule has 0 nitrogen and oxygen atoms in total. The molecule has 0 bridgehead atoms. The number of hydrogen-bond donors (Lipinski definition) is 0. The zero-order valence-electron chi connectivity index (χ0n) is 8.21. The summed E-state index contributed by atoms with van der Waals surface area (Å²) < 4.78 is 0. The molecule has 0 aromatic carbocycles. The molecule has 0 saturated carbocycles. The smallest absolute Gasteiger partial charge is 0.00711 e. The van der Waals surface area contributed by atoms with Gasteiger partial charge in [0.1, 0.15) is 0 Å². The zero-order valence-corrected chi connectivity index (χ0v) is 9.03. The van der Waals surface area contributed by atoms with Crippen LogP contribution < -0.4 is 0 Å². The van der Waals surface area contributed by atoms with Crippen LogP contribution in [0.15, 0.2) is 35.8 Å². The van der Waals surface area contributed by atoms with E-state index in [2.05, 4.69) is 38.7 Å². The van der Waals surface area contributed by atoms with Crippen LogP contribution in [-0.4, -0.2) is 5.25 Å². The van der Waals surface area contributed by atoms with Crippen molar-refractivity contribution in [1.82, 2.24) is 0 Å². The first-order valence-corrected chi connectivity index (χ1v) is 5.24. The molecule has 12 heavy (non-hydrogen) atoms. The van der Waals surface area contributed by atoms with Gasteiger partial charge < -0.3 is 0 Å². The molecule has 0 fully saturated rings. The lowest BCUT2D eigenvalue weighted by atomic mass is 10.4. The Morgan fingerprint density at radius 3 is 2.67 bits per heavy atom. The lowest BCUT2D eigenvalue weighted by Crippen LogP contribution is -1.91. The summed E-state index contributed by atoms with van der Waals surface area (Å²) >= 11 is 1.90. The maximum atomic E-state index is 3.69. The van der Waals surface area contributed by atoms with Gasteiger partial charge in [-0.1, -0.05) is 38.7 Å². The van der Waals surface area contributed by atoms with Crippen molar-refractivity contribution in [3.63, 3.8) is 0 Å². The quantitative estimate of drug-likeness (QED) is 0.575. The van der Waals surface area contributed by atoms with Gasteiger partial charge in [-0.15, -0.1) is 11.8 Å². The third kappa shape index (κ3) is 5.25. The highest BCUT2D eigenvalue weighted by molar-refractivity contribution is 8.03. The normalized spacial score (nSPS) is 15.1. The van der Waals surface area contributed by atoms with Crippen LogP contribution in [0.5, 0.6) is 0 Å². The van der Waals surface area contributed by atoms with E-state index in [4.69, 9.17) is 0 Å². The summed E-state index contributed by atoms with van der Waals surface area (Å²) in [4.78, 5) is 1.29. The number of hydrogen-bond acceptors (Lipinski definition) is 1. The van der Waals surface area contributed by atoms with Gasteiger partial charge >= 0.3 is 0 Å². The second-order valence-corrected chi connectivity index (χ2v) is 4.15. The Labute approximate surface area is 80.4 Å². The second-order valence-electron chi connectivity index (χ2n) is 2.64. The molecule has 0 heterocycles. The molecular weight excluding hydrogens is 164 g/mol. The standard InChI is InChI=1S/C11H18S/c1-5-8-11(9-6-2)12-10(4)7-3/h5-6,8-10H,1,7H2,2-4H3/b9-6-,11-8+. The maximum absolute atomic E-state index is 3.69. The van der Waals surface area contributed by atoms with Crippen LogP contribution >= 0.6 is 11.8 Å². The fourth-order valence-electron chi connectivity index (χ4n) is 0.730. The largest absolute Gasteiger partial charge is 0.123 e. The Kier molecular flexibility index (Phi) is 6.97. The van der Waals surface area contributed by atoms with E-state index in [1.807, 2.05) is 24.8 Å². The van der Waals surface area contributed by atoms with Gasteiger partial charge in [-0.05, 0) is 19.4 Å². The van der Waals surface area contributed by atoms with Crippen molar-refractivity contribution in [2.75, 3.05) is 0 Å². The van der Waals surface area contributed by atoms with Crippen molar-refractivity contribution in [3.05, 3.63) is 35.8 Å². The van der Waals surface area contributed by atoms with Crippen LogP contribution in [0.2, 0.25) is 0 Å². The number of rotatable bonds is 5. The Balaban J connectivity index is 4.13. The van der Waals surface area contributed by atoms with Crippen molar-refractivity contribution >= 4 is 11.8 Å². The van der Waals surface area contributed by atoms with Crippen molar-refractivity contribution in [2.45, 2.75) is 32.4 Å². The molecule has 0 saturated heterocycles. The van der Waals surface area contributed by atoms with Gasteiger partial charge in [0.25, 0.3) is 0 Å². The molecule has 0 radical (unpaired) electrons. The van der Waals surface area contributed by atoms with Gasteiger partial charge in [0, 0.05) is 10.2 Å². The monoisotopic (exact) mass is 182 g/mol. The van der Waals surface area contributed by atoms with E-state index in [9.17, 15) is 0 Å². The minimum Gasteiger partial charge on any atom is -0.123 e. The molecule has 0 aliphatic carbocycles. The fourth-order valence-corrected chi connectivity index (χ4v) is 1.75. The molecule has 0 aliphatic heterocycles. The van der Waals surface area contributed by atoms with Crippen molar-refractivity contribution in [1.29, 1.82) is 0 Å². The Morgan fingerprint density at radius 2 is 2.25 bits per heavy atom. The van der Waals surface area contributed by atoms with E-state index in [1.54, 1.807) is 0 Å². The summed E-state index contributed by atoms with van der Waals surface area (Å²) in [6, 6.07) is 0. The van der Waals surface area contributed by atoms with E-state index < -0.39 is 0 Å². The second kappa shape index (κ2) is 7.23. The van der Waals surface area contributed by atoms with Crippen LogP contribution in [0.25, 0.3) is 0 Å². The summed E-state index contributed by atoms with van der Waals surface area (Å²) in [5, 5.41) is 0.687. The molecular formula is C11H18S. The first kappa shape index (κ1) is 11.6. The summed E-state index contributed by atoms with van der Waals surface area (Å²) in [5.74, 6) is 0. The van der Waals surface area contributed by atoms with Crippen LogP contribution in [0.4, 0.5) is 0 Å². The molecule has 0 aliphatic rings. The van der Waals surface area contributed by atoms with Crippen LogP contribution in [0.1, 0.15) is 27.2 Å². The van der Waals surface area contributed by atoms with Crippen LogP contribution in [0.3, 0.4) is 0 Å². The van der Waals surface area contributed by atoms with Crippen molar-refractivity contribution in [2.24, 2.45) is 0 Å². The highest BCUT2D eigenvalue weighted by atomic mass is 32.2. The fraction of sp³-hybridized carbons (Fsp3) is 0.455. The minimum absolute atomic E-state index is 0.687. The maximum Gasteiger partial charge on any atom is 0.00711 e. The summed E-state index contributed by atoms with van der Waals surface area (Å²) in [5.41, 5.74) is 0. The first-order chi connectivity index (χ1) is 5.74. The van der Waals surface area contributed by atoms with Gasteiger partial charge in [0.05, 0.1) is 0 Å². The Morgan fingerprint density at radius 1 is 1.58 bits per heavy atom. The molecule has 0 amide bonds. The van der Waals surface area contributed by atoms with Gasteiger partial charge in [-0.25, -0.2) is 0 Å². The highest BCUT2D eigenvalue weighted by Gasteiger charge is 2.00. The third-order valence-corrected chi connectivity index (χ3v) is 2.81. The molecule has 0 aromatic heterocycles. The number of thioether (sulfide) groups is 1. The Bertz CT molecular complexity index is 177. The van der Waals surface area contributed by atoms with E-state index in [1.165, 1.54) is 11.3 Å². The van der Waals surface area contributed by atoms with Crippen LogP contribution in [0, 0.1) is 0 Å². The van der Waals surface area contributed by atoms with Crippen molar-refractivity contribution < 1.29 is 0 Å². The number of allylic oxidation sites excluding steroid dienone is 4. The molecule has 1 heteroatoms. The first-order valence-electron chi connectivity index (χ1n) is 4.36. The predicted molar refractivity (Wildman–Crippen MR) is 60.4 cm³/mol. The van der Waals surface area contributed by atoms with Crippen molar-refractivity contribution in [3.8, 4) is 0 Å². The Hall–Kier alpha value is -0.430. The summed E-state index contributed by atoms with van der Waals surface area (Å²) in [6.07, 6.45) is 9.28. The molecule has 0 rings (SSSR count). The highest BCUT2D eigenvalue weighted by Crippen LogP contribution is 2.24. The summed E-state index contributed by atoms with van der Waals surface area (Å²) in [6.45, 7) is 10.2. The van der Waals surface area contributed by atoms with E-state index in [-0.39, 0.29) is 0 Å². The molecule has 1 unspecified atom stereocenters. The lowest BCUT2D eigenvalue weighted by Gasteiger charge is -2.07. The molecule has 0 spiro atoms. The average molecular weight is 182 g/mol. The predicted octanol–water partition coefficient (Wildman–Crippen LogP) is 4.16. The van der Waals surface area contributed by atoms with E-state index in [0.717, 1.165) is 0 Å². The average Bonchev–Trinajstić information content (AvgIpc) is 2.05. The SMILES string of the molecule is C=C/C=C(\C=C/C)SC(C)CC.